The molecule has 0 saturated carbocycles. The molecule has 0 rings (SSSR count). The van der Waals surface area contributed by atoms with Gasteiger partial charge in [-0.25, -0.2) is 0 Å². The molecular formula is C70H140N2NiS4. The molecule has 77 heavy (non-hydrogen) atoms. The Balaban J connectivity index is -0.00000140. The summed E-state index contributed by atoms with van der Waals surface area (Å²) in [4.78, 5) is 4.60. The van der Waals surface area contributed by atoms with Crippen LogP contribution in [0, 0.1) is 0 Å². The maximum absolute atomic E-state index is 5.37. The molecule has 0 fully saturated rings. The van der Waals surface area contributed by atoms with Gasteiger partial charge >= 0.3 is 16.5 Å². The van der Waals surface area contributed by atoms with E-state index >= 15 is 0 Å². The molecule has 0 heterocycles. The minimum Gasteiger partial charge on any atom is -0.411 e. The van der Waals surface area contributed by atoms with Crippen molar-refractivity contribution in [3.8, 4) is 0 Å². The van der Waals surface area contributed by atoms with Crippen molar-refractivity contribution in [2.75, 3.05) is 26.2 Å². The van der Waals surface area contributed by atoms with Gasteiger partial charge in [0.15, 0.2) is 0 Å². The third-order valence-electron chi connectivity index (χ3n) is 16.6. The number of hydrogen-bond donors (Lipinski definition) is 0. The summed E-state index contributed by atoms with van der Waals surface area (Å²) in [5.41, 5.74) is 0. The first-order chi connectivity index (χ1) is 37.4. The molecule has 0 aliphatic rings. The van der Waals surface area contributed by atoms with Crippen LogP contribution in [0.1, 0.15) is 413 Å². The van der Waals surface area contributed by atoms with Gasteiger partial charge in [-0.3, -0.25) is 0 Å². The third-order valence-corrected chi connectivity index (χ3v) is 17.7. The Labute approximate surface area is 520 Å². The Hall–Kier alpha value is 0.714. The van der Waals surface area contributed by atoms with Crippen LogP contribution in [0.2, 0.25) is 0 Å². The van der Waals surface area contributed by atoms with Crippen molar-refractivity contribution in [3.05, 3.63) is 0 Å². The van der Waals surface area contributed by atoms with E-state index in [1.165, 1.54) is 385 Å². The molecule has 0 atom stereocenters. The number of thiocarbonyl (C=S) groups is 2. The van der Waals surface area contributed by atoms with E-state index in [1.54, 1.807) is 0 Å². The van der Waals surface area contributed by atoms with Gasteiger partial charge in [0.2, 0.25) is 0 Å². The Kier molecular flexibility index (Phi) is 79.5. The summed E-state index contributed by atoms with van der Waals surface area (Å²) in [6, 6.07) is 0. The van der Waals surface area contributed by atoms with Crippen molar-refractivity contribution in [1.29, 1.82) is 0 Å². The van der Waals surface area contributed by atoms with E-state index < -0.39 is 0 Å². The second kappa shape index (κ2) is 74.7. The van der Waals surface area contributed by atoms with Crippen molar-refractivity contribution in [1.82, 2.24) is 9.80 Å². The van der Waals surface area contributed by atoms with Crippen LogP contribution < -0.4 is 0 Å². The second-order valence-electron chi connectivity index (χ2n) is 24.3. The van der Waals surface area contributed by atoms with Crippen LogP contribution in [-0.2, 0) is 41.7 Å². The smallest absolute Gasteiger partial charge is 0.411 e. The van der Waals surface area contributed by atoms with Crippen LogP contribution in [0.5, 0.6) is 0 Å². The molecule has 0 saturated heterocycles. The van der Waals surface area contributed by atoms with Gasteiger partial charge < -0.3 is 59.5 Å². The van der Waals surface area contributed by atoms with Crippen molar-refractivity contribution in [3.63, 3.8) is 0 Å². The van der Waals surface area contributed by atoms with E-state index in [4.69, 9.17) is 49.7 Å². The minimum absolute atomic E-state index is 0. The predicted octanol–water partition coefficient (Wildman–Crippen LogP) is 25.7. The maximum Gasteiger partial charge on any atom is 2.00 e. The normalized spacial score (nSPS) is 11.2. The molecule has 0 unspecified atom stereocenters. The Morgan fingerprint density at radius 1 is 0.195 bits per heavy atom. The summed E-state index contributed by atoms with van der Waals surface area (Å²) in [6.45, 7) is 13.5. The SMILES string of the molecule is CCCCCCCCCCCCCCCCCN(CCCCCCCCCCCCCCCCC)C(=S)[S-].CCCCCCCCCCCCCCCCCN(CCCCCCCCCCCCCCCCC)C(=S)[S-].[Ni+2]. The van der Waals surface area contributed by atoms with E-state index in [9.17, 15) is 0 Å². The number of nitrogens with zero attached hydrogens (tertiary/aromatic N) is 2. The second-order valence-corrected chi connectivity index (χ2v) is 26.4. The zero-order valence-corrected chi connectivity index (χ0v) is 57.4. The summed E-state index contributed by atoms with van der Waals surface area (Å²) in [6.07, 6.45) is 85.0. The molecule has 0 radical (unpaired) electrons. The van der Waals surface area contributed by atoms with Crippen LogP contribution in [0.15, 0.2) is 0 Å². The van der Waals surface area contributed by atoms with Crippen molar-refractivity contribution in [2.24, 2.45) is 0 Å². The molecule has 7 heteroatoms. The quantitative estimate of drug-likeness (QED) is 0.0257. The average Bonchev–Trinajstić information content (AvgIpc) is 3.41. The summed E-state index contributed by atoms with van der Waals surface area (Å²) in [5.74, 6) is 0. The van der Waals surface area contributed by atoms with Crippen LogP contribution in [0.25, 0.3) is 0 Å². The molecule has 0 aromatic carbocycles. The van der Waals surface area contributed by atoms with Gasteiger partial charge in [-0.2, -0.15) is 0 Å². The molecule has 0 N–H and O–H groups in total. The van der Waals surface area contributed by atoms with E-state index in [1.807, 2.05) is 0 Å². The van der Waals surface area contributed by atoms with Gasteiger partial charge in [0.05, 0.1) is 0 Å². The van der Waals surface area contributed by atoms with Crippen molar-refractivity contribution in [2.45, 2.75) is 413 Å². The molecule has 2 nitrogen and oxygen atoms in total. The Morgan fingerprint density at radius 2 is 0.286 bits per heavy atom. The van der Waals surface area contributed by atoms with Crippen molar-refractivity contribution < 1.29 is 16.5 Å². The van der Waals surface area contributed by atoms with E-state index in [0.717, 1.165) is 26.2 Å². The predicted molar refractivity (Wildman–Crippen MR) is 363 cm³/mol. The van der Waals surface area contributed by atoms with Crippen molar-refractivity contribution >= 4 is 58.3 Å². The molecule has 0 bridgehead atoms. The van der Waals surface area contributed by atoms with Crippen LogP contribution >= 0.6 is 24.4 Å². The summed E-state index contributed by atoms with van der Waals surface area (Å²) in [7, 11) is 0. The molecule has 0 aliphatic heterocycles. The minimum atomic E-state index is 0. The van der Waals surface area contributed by atoms with E-state index in [2.05, 4.69) is 37.5 Å². The first-order valence-electron chi connectivity index (χ1n) is 35.4. The van der Waals surface area contributed by atoms with Gasteiger partial charge in [0.25, 0.3) is 0 Å². The van der Waals surface area contributed by atoms with Gasteiger partial charge in [0, 0.05) is 26.2 Å². The number of hydrogen-bond acceptors (Lipinski definition) is 4. The Morgan fingerprint density at radius 3 is 0.377 bits per heavy atom. The zero-order chi connectivity index (χ0) is 55.6. The van der Waals surface area contributed by atoms with Crippen LogP contribution in [-0.4, -0.2) is 44.6 Å². The first kappa shape index (κ1) is 81.9. The number of unbranched alkanes of at least 4 members (excludes halogenated alkanes) is 56. The fraction of sp³-hybridized carbons (Fsp3) is 0.971. The Bertz CT molecular complexity index is 928. The third kappa shape index (κ3) is 72.8. The summed E-state index contributed by atoms with van der Waals surface area (Å²) >= 11 is 21.5. The summed E-state index contributed by atoms with van der Waals surface area (Å²) in [5, 5.41) is 0. The van der Waals surface area contributed by atoms with Gasteiger partial charge in [-0.15, -0.1) is 0 Å². The topological polar surface area (TPSA) is 6.48 Å². The fourth-order valence-corrected chi connectivity index (χ4v) is 12.0. The molecule has 0 aliphatic carbocycles. The van der Waals surface area contributed by atoms with Gasteiger partial charge in [0.1, 0.15) is 0 Å². The molecular weight excluding hydrogens is 1060 g/mol. The molecule has 464 valence electrons. The molecule has 0 amide bonds. The van der Waals surface area contributed by atoms with Crippen LogP contribution in [0.4, 0.5) is 0 Å². The van der Waals surface area contributed by atoms with Gasteiger partial charge in [-0.1, -0.05) is 396 Å². The first-order valence-corrected chi connectivity index (χ1v) is 37.0. The van der Waals surface area contributed by atoms with Crippen LogP contribution in [0.3, 0.4) is 0 Å². The molecule has 0 aromatic heterocycles. The summed E-state index contributed by atoms with van der Waals surface area (Å²) < 4.78 is 1.39. The fourth-order valence-electron chi connectivity index (χ4n) is 11.3. The average molecular weight is 1200 g/mol. The largest absolute Gasteiger partial charge is 2.00 e. The maximum atomic E-state index is 5.37. The van der Waals surface area contributed by atoms with Gasteiger partial charge in [-0.05, 0) is 25.7 Å². The molecule has 0 spiro atoms. The standard InChI is InChI=1S/2C35H71NS2.Ni/c2*1-3-5-7-9-11-13-15-17-19-21-23-25-27-29-31-33-36(35(37)38)34-32-30-28-26-24-22-20-18-16-14-12-10-8-6-4-2;/h2*3-34H2,1-2H3,(H,37,38);/q;;+2/p-2. The van der Waals surface area contributed by atoms with E-state index in [0.29, 0.717) is 8.64 Å². The van der Waals surface area contributed by atoms with E-state index in [-0.39, 0.29) is 16.5 Å². The number of rotatable bonds is 64. The molecule has 0 aromatic rings. The zero-order valence-electron chi connectivity index (χ0n) is 53.1. The monoisotopic (exact) mass is 1190 g/mol.